The van der Waals surface area contributed by atoms with E-state index in [9.17, 15) is 13.2 Å². The first kappa shape index (κ1) is 9.21. The lowest BCUT2D eigenvalue weighted by Gasteiger charge is -2.63. The molecule has 80 valence electrons. The summed E-state index contributed by atoms with van der Waals surface area (Å²) in [6, 6.07) is 6.11. The van der Waals surface area contributed by atoms with Crippen molar-refractivity contribution in [2.75, 3.05) is 0 Å². The molecule has 2 heterocycles. The zero-order chi connectivity index (χ0) is 10.7. The van der Waals surface area contributed by atoms with Gasteiger partial charge in [-0.1, -0.05) is 12.1 Å². The second-order valence-electron chi connectivity index (χ2n) is 4.41. The highest BCUT2D eigenvalue weighted by molar-refractivity contribution is 5.37. The molecule has 15 heavy (non-hydrogen) atoms. The van der Waals surface area contributed by atoms with Crippen molar-refractivity contribution in [3.8, 4) is 0 Å². The average molecular weight is 213 g/mol. The van der Waals surface area contributed by atoms with Crippen LogP contribution in [0.3, 0.4) is 0 Å². The summed E-state index contributed by atoms with van der Waals surface area (Å²) in [7, 11) is 0. The van der Waals surface area contributed by atoms with E-state index < -0.39 is 11.7 Å². The average Bonchev–Trinajstić information content (AvgIpc) is 1.97. The highest BCUT2D eigenvalue weighted by Crippen LogP contribution is 2.52. The summed E-state index contributed by atoms with van der Waals surface area (Å²) in [5, 5.41) is 3.31. The van der Waals surface area contributed by atoms with Gasteiger partial charge in [-0.05, 0) is 30.5 Å². The van der Waals surface area contributed by atoms with Gasteiger partial charge in [0.05, 0.1) is 5.56 Å². The van der Waals surface area contributed by atoms with Crippen LogP contribution >= 0.6 is 0 Å². The number of benzene rings is 1. The third kappa shape index (κ3) is 1.21. The third-order valence-corrected chi connectivity index (χ3v) is 3.43. The van der Waals surface area contributed by atoms with Gasteiger partial charge >= 0.3 is 6.18 Å². The van der Waals surface area contributed by atoms with E-state index in [4.69, 9.17) is 0 Å². The van der Waals surface area contributed by atoms with Crippen molar-refractivity contribution in [1.82, 2.24) is 5.32 Å². The molecule has 1 aromatic carbocycles. The maximum atomic E-state index is 12.3. The molecule has 2 aliphatic heterocycles. The van der Waals surface area contributed by atoms with Crippen molar-refractivity contribution in [1.29, 1.82) is 0 Å². The standard InChI is InChI=1S/C11H10F3N/c12-11(13,14)8-3-1-7(2-4-8)10-5-9(6-10)15-10/h1-4,9,15H,5-6H2. The highest BCUT2D eigenvalue weighted by atomic mass is 19.4. The number of hydrogen-bond acceptors (Lipinski definition) is 1. The van der Waals surface area contributed by atoms with E-state index in [0.29, 0.717) is 6.04 Å². The molecule has 1 saturated carbocycles. The quantitative estimate of drug-likeness (QED) is 0.756. The van der Waals surface area contributed by atoms with E-state index in [1.807, 2.05) is 0 Å². The van der Waals surface area contributed by atoms with Crippen LogP contribution in [0.4, 0.5) is 13.2 Å². The minimum atomic E-state index is -4.23. The van der Waals surface area contributed by atoms with E-state index in [-0.39, 0.29) is 5.54 Å². The maximum absolute atomic E-state index is 12.3. The number of nitrogens with one attached hydrogen (secondary N) is 1. The Labute approximate surface area is 85.3 Å². The molecule has 0 unspecified atom stereocenters. The first-order valence-electron chi connectivity index (χ1n) is 4.95. The van der Waals surface area contributed by atoms with Gasteiger partial charge in [0.1, 0.15) is 0 Å². The molecule has 0 atom stereocenters. The molecule has 0 spiro atoms. The lowest BCUT2D eigenvalue weighted by atomic mass is 9.59. The Bertz CT molecular complexity index is 376. The molecule has 1 aromatic rings. The van der Waals surface area contributed by atoms with E-state index in [1.165, 1.54) is 0 Å². The Morgan fingerprint density at radius 2 is 1.67 bits per heavy atom. The Morgan fingerprint density at radius 1 is 1.13 bits per heavy atom. The fourth-order valence-corrected chi connectivity index (χ4v) is 2.43. The second kappa shape index (κ2) is 2.55. The summed E-state index contributed by atoms with van der Waals surface area (Å²) < 4.78 is 36.9. The van der Waals surface area contributed by atoms with Gasteiger partial charge in [0, 0.05) is 11.6 Å². The van der Waals surface area contributed by atoms with E-state index in [2.05, 4.69) is 5.32 Å². The monoisotopic (exact) mass is 213 g/mol. The molecule has 1 aliphatic carbocycles. The van der Waals surface area contributed by atoms with Crippen LogP contribution in [0.25, 0.3) is 0 Å². The lowest BCUT2D eigenvalue weighted by Crippen LogP contribution is -2.74. The minimum Gasteiger partial charge on any atom is -0.304 e. The van der Waals surface area contributed by atoms with Crippen molar-refractivity contribution < 1.29 is 13.2 Å². The first-order chi connectivity index (χ1) is 7.00. The van der Waals surface area contributed by atoms with Gasteiger partial charge in [-0.2, -0.15) is 13.2 Å². The van der Waals surface area contributed by atoms with E-state index in [1.54, 1.807) is 12.1 Å². The maximum Gasteiger partial charge on any atom is 0.416 e. The van der Waals surface area contributed by atoms with Crippen LogP contribution in [0.15, 0.2) is 24.3 Å². The number of halogens is 3. The van der Waals surface area contributed by atoms with Gasteiger partial charge in [-0.3, -0.25) is 0 Å². The number of rotatable bonds is 1. The van der Waals surface area contributed by atoms with Crippen molar-refractivity contribution in [3.05, 3.63) is 35.4 Å². The molecule has 4 rings (SSSR count). The molecular weight excluding hydrogens is 203 g/mol. The van der Waals surface area contributed by atoms with E-state index in [0.717, 1.165) is 30.5 Å². The Kier molecular flexibility index (Phi) is 1.57. The summed E-state index contributed by atoms with van der Waals surface area (Å²) in [6.07, 6.45) is -2.10. The van der Waals surface area contributed by atoms with Crippen LogP contribution in [0, 0.1) is 0 Å². The van der Waals surface area contributed by atoms with Crippen molar-refractivity contribution >= 4 is 0 Å². The van der Waals surface area contributed by atoms with Crippen LogP contribution in [0.2, 0.25) is 0 Å². The molecule has 0 amide bonds. The molecule has 4 heteroatoms. The second-order valence-corrected chi connectivity index (χ2v) is 4.41. The third-order valence-electron chi connectivity index (χ3n) is 3.43. The Morgan fingerprint density at radius 3 is 2.00 bits per heavy atom. The zero-order valence-electron chi connectivity index (χ0n) is 7.93. The van der Waals surface area contributed by atoms with Crippen LogP contribution in [0.5, 0.6) is 0 Å². The molecule has 1 N–H and O–H groups in total. The molecule has 2 bridgehead atoms. The van der Waals surface area contributed by atoms with Gasteiger partial charge in [0.2, 0.25) is 0 Å². The van der Waals surface area contributed by atoms with Gasteiger partial charge < -0.3 is 5.32 Å². The largest absolute Gasteiger partial charge is 0.416 e. The van der Waals surface area contributed by atoms with Gasteiger partial charge in [0.25, 0.3) is 0 Å². The summed E-state index contributed by atoms with van der Waals surface area (Å²) in [4.78, 5) is 0. The van der Waals surface area contributed by atoms with Crippen molar-refractivity contribution in [2.45, 2.75) is 30.6 Å². The lowest BCUT2D eigenvalue weighted by molar-refractivity contribution is -0.137. The fourth-order valence-electron chi connectivity index (χ4n) is 2.43. The predicted octanol–water partition coefficient (Wildman–Crippen LogP) is 2.67. The normalized spacial score (nSPS) is 33.1. The van der Waals surface area contributed by atoms with Gasteiger partial charge in [-0.15, -0.1) is 0 Å². The van der Waals surface area contributed by atoms with Crippen LogP contribution in [-0.4, -0.2) is 6.04 Å². The molecule has 0 radical (unpaired) electrons. The molecule has 3 fully saturated rings. The van der Waals surface area contributed by atoms with Gasteiger partial charge in [0.15, 0.2) is 0 Å². The summed E-state index contributed by atoms with van der Waals surface area (Å²) in [6.45, 7) is 0. The summed E-state index contributed by atoms with van der Waals surface area (Å²) in [5.41, 5.74) is 0.422. The molecular formula is C11H10F3N. The highest BCUT2D eigenvalue weighted by Gasteiger charge is 2.57. The predicted molar refractivity (Wildman–Crippen MR) is 49.3 cm³/mol. The van der Waals surface area contributed by atoms with E-state index >= 15 is 0 Å². The van der Waals surface area contributed by atoms with Crippen LogP contribution in [-0.2, 0) is 11.7 Å². The van der Waals surface area contributed by atoms with Crippen molar-refractivity contribution in [3.63, 3.8) is 0 Å². The molecule has 2 saturated heterocycles. The first-order valence-corrected chi connectivity index (χ1v) is 4.95. The summed E-state index contributed by atoms with van der Waals surface area (Å²) in [5.74, 6) is 0. The topological polar surface area (TPSA) is 12.0 Å². The number of hydrogen-bond donors (Lipinski definition) is 1. The van der Waals surface area contributed by atoms with Crippen LogP contribution < -0.4 is 5.32 Å². The Hall–Kier alpha value is -1.03. The molecule has 3 aliphatic rings. The molecule has 0 aromatic heterocycles. The minimum absolute atomic E-state index is 0.00873. The molecule has 1 nitrogen and oxygen atoms in total. The van der Waals surface area contributed by atoms with Crippen LogP contribution in [0.1, 0.15) is 24.0 Å². The Balaban J connectivity index is 1.88. The van der Waals surface area contributed by atoms with Crippen molar-refractivity contribution in [2.24, 2.45) is 0 Å². The number of alkyl halides is 3. The summed E-state index contributed by atoms with van der Waals surface area (Å²) >= 11 is 0. The SMILES string of the molecule is FC(F)(F)c1ccc(C23CC(C2)N3)cc1. The fraction of sp³-hybridized carbons (Fsp3) is 0.455. The smallest absolute Gasteiger partial charge is 0.304 e. The zero-order valence-corrected chi connectivity index (χ0v) is 7.93. The van der Waals surface area contributed by atoms with Gasteiger partial charge in [-0.25, -0.2) is 0 Å².